The maximum Gasteiger partial charge on any atom is 0.279 e. The monoisotopic (exact) mass is 401 g/mol. The molecule has 2 aromatic heterocycles. The molecule has 0 saturated carbocycles. The van der Waals surface area contributed by atoms with Crippen LogP contribution in [0.25, 0.3) is 10.6 Å². The van der Waals surface area contributed by atoms with Crippen LogP contribution in [0.5, 0.6) is 16.7 Å². The molecule has 1 atom stereocenters. The van der Waals surface area contributed by atoms with Crippen LogP contribution >= 0.6 is 11.3 Å². The van der Waals surface area contributed by atoms with Gasteiger partial charge in [0.1, 0.15) is 17.2 Å². The van der Waals surface area contributed by atoms with Gasteiger partial charge >= 0.3 is 0 Å². The number of benzene rings is 1. The van der Waals surface area contributed by atoms with Crippen LogP contribution in [0, 0.1) is 0 Å². The Hall–Kier alpha value is -2.87. The summed E-state index contributed by atoms with van der Waals surface area (Å²) >= 11 is 1.36. The van der Waals surface area contributed by atoms with E-state index in [2.05, 4.69) is 15.5 Å². The summed E-state index contributed by atoms with van der Waals surface area (Å²) < 4.78 is 16.8. The fourth-order valence-corrected chi connectivity index (χ4v) is 3.14. The van der Waals surface area contributed by atoms with Gasteiger partial charge in [-0.2, -0.15) is 0 Å². The molecular weight excluding hydrogens is 378 g/mol. The van der Waals surface area contributed by atoms with Crippen molar-refractivity contribution in [1.82, 2.24) is 15.5 Å². The van der Waals surface area contributed by atoms with Crippen LogP contribution in [0.1, 0.15) is 45.9 Å². The van der Waals surface area contributed by atoms with E-state index in [1.165, 1.54) is 11.3 Å². The molecule has 1 aromatic carbocycles. The fourth-order valence-electron chi connectivity index (χ4n) is 2.41. The van der Waals surface area contributed by atoms with Gasteiger partial charge < -0.3 is 19.3 Å². The lowest BCUT2D eigenvalue weighted by Gasteiger charge is -2.09. The minimum atomic E-state index is -0.246. The molecule has 3 aromatic rings. The number of nitrogens with one attached hydrogen (secondary N) is 1. The van der Waals surface area contributed by atoms with Gasteiger partial charge in [0.25, 0.3) is 5.19 Å². The summed E-state index contributed by atoms with van der Waals surface area (Å²) in [7, 11) is 0. The summed E-state index contributed by atoms with van der Waals surface area (Å²) in [5.41, 5.74) is 0.653. The van der Waals surface area contributed by atoms with Crippen molar-refractivity contribution in [2.75, 3.05) is 0 Å². The molecule has 3 rings (SSSR count). The van der Waals surface area contributed by atoms with Gasteiger partial charge in [-0.15, -0.1) is 0 Å². The van der Waals surface area contributed by atoms with Gasteiger partial charge in [-0.25, -0.2) is 4.98 Å². The first kappa shape index (κ1) is 19.9. The lowest BCUT2D eigenvalue weighted by molar-refractivity contribution is -0.121. The third-order valence-corrected chi connectivity index (χ3v) is 4.69. The average Bonchev–Trinajstić information content (AvgIpc) is 3.32. The van der Waals surface area contributed by atoms with Crippen molar-refractivity contribution in [3.63, 3.8) is 0 Å². The van der Waals surface area contributed by atoms with E-state index < -0.39 is 0 Å². The lowest BCUT2D eigenvalue weighted by Crippen LogP contribution is -2.25. The third-order valence-electron chi connectivity index (χ3n) is 3.79. The molecule has 0 saturated heterocycles. The molecule has 1 amide bonds. The lowest BCUT2D eigenvalue weighted by atomic mass is 10.2. The summed E-state index contributed by atoms with van der Waals surface area (Å²) in [6.07, 6.45) is 2.23. The minimum Gasteiger partial charge on any atom is -0.491 e. The smallest absolute Gasteiger partial charge is 0.279 e. The maximum atomic E-state index is 11.5. The Balaban J connectivity index is 1.65. The molecule has 0 aliphatic rings. The van der Waals surface area contributed by atoms with Gasteiger partial charge in [0.2, 0.25) is 5.91 Å². The summed E-state index contributed by atoms with van der Waals surface area (Å²) in [6.45, 7) is 7.62. The van der Waals surface area contributed by atoms with Gasteiger partial charge in [0.15, 0.2) is 5.76 Å². The second-order valence-electron chi connectivity index (χ2n) is 6.49. The van der Waals surface area contributed by atoms with Crippen LogP contribution in [-0.4, -0.2) is 22.2 Å². The molecule has 0 aliphatic carbocycles. The van der Waals surface area contributed by atoms with E-state index in [9.17, 15) is 4.79 Å². The van der Waals surface area contributed by atoms with Gasteiger partial charge in [-0.05, 0) is 45.0 Å². The van der Waals surface area contributed by atoms with Crippen LogP contribution in [0.4, 0.5) is 0 Å². The first-order valence-electron chi connectivity index (χ1n) is 9.11. The van der Waals surface area contributed by atoms with Crippen molar-refractivity contribution >= 4 is 17.2 Å². The van der Waals surface area contributed by atoms with Crippen molar-refractivity contribution in [1.29, 1.82) is 0 Å². The SMILES string of the molecule is CCC(=O)NC(C)c1cc(-c2cnc(Oc3ccc(OC(C)C)cc3)s2)no1. The summed E-state index contributed by atoms with van der Waals surface area (Å²) in [5.74, 6) is 2.02. The average molecular weight is 401 g/mol. The molecule has 0 spiro atoms. The highest BCUT2D eigenvalue weighted by atomic mass is 32.1. The van der Waals surface area contributed by atoms with E-state index in [4.69, 9.17) is 14.0 Å². The fraction of sp³-hybridized carbons (Fsp3) is 0.350. The van der Waals surface area contributed by atoms with Gasteiger partial charge in [-0.3, -0.25) is 4.79 Å². The van der Waals surface area contributed by atoms with Crippen LogP contribution < -0.4 is 14.8 Å². The van der Waals surface area contributed by atoms with Crippen LogP contribution in [0.3, 0.4) is 0 Å². The first-order valence-corrected chi connectivity index (χ1v) is 9.93. The van der Waals surface area contributed by atoms with E-state index in [1.54, 1.807) is 19.2 Å². The van der Waals surface area contributed by atoms with Gasteiger partial charge in [0, 0.05) is 12.5 Å². The van der Waals surface area contributed by atoms with Crippen molar-refractivity contribution in [2.24, 2.45) is 0 Å². The molecule has 0 aliphatic heterocycles. The molecule has 0 bridgehead atoms. The Kier molecular flexibility index (Phi) is 6.30. The zero-order valence-corrected chi connectivity index (χ0v) is 17.1. The molecule has 1 N–H and O–H groups in total. The van der Waals surface area contributed by atoms with Crippen LogP contribution in [-0.2, 0) is 4.79 Å². The Bertz CT molecular complexity index is 918. The predicted octanol–water partition coefficient (Wildman–Crippen LogP) is 4.96. The normalized spacial score (nSPS) is 12.0. The topological polar surface area (TPSA) is 86.5 Å². The molecule has 0 radical (unpaired) electrons. The summed E-state index contributed by atoms with van der Waals surface area (Å²) in [4.78, 5) is 16.6. The molecule has 1 unspecified atom stereocenters. The first-order chi connectivity index (χ1) is 13.4. The van der Waals surface area contributed by atoms with Crippen molar-refractivity contribution in [3.8, 4) is 27.3 Å². The Labute approximate surface area is 167 Å². The highest BCUT2D eigenvalue weighted by Gasteiger charge is 2.16. The number of ether oxygens (including phenoxy) is 2. The number of rotatable bonds is 8. The zero-order valence-electron chi connectivity index (χ0n) is 16.3. The Morgan fingerprint density at radius 2 is 1.93 bits per heavy atom. The largest absolute Gasteiger partial charge is 0.491 e. The number of carbonyl (C=O) groups is 1. The minimum absolute atomic E-state index is 0.0382. The molecule has 0 fully saturated rings. The predicted molar refractivity (Wildman–Crippen MR) is 107 cm³/mol. The van der Waals surface area contributed by atoms with E-state index in [-0.39, 0.29) is 18.1 Å². The second kappa shape index (κ2) is 8.88. The summed E-state index contributed by atoms with van der Waals surface area (Å²) in [5, 5.41) is 7.42. The number of hydrogen-bond acceptors (Lipinski definition) is 7. The quantitative estimate of drug-likeness (QED) is 0.574. The molecule has 28 heavy (non-hydrogen) atoms. The maximum absolute atomic E-state index is 11.5. The van der Waals surface area contributed by atoms with Gasteiger partial charge in [-0.1, -0.05) is 23.4 Å². The van der Waals surface area contributed by atoms with Crippen molar-refractivity contribution in [3.05, 3.63) is 42.3 Å². The number of thiazole rings is 1. The van der Waals surface area contributed by atoms with Crippen LogP contribution in [0.2, 0.25) is 0 Å². The van der Waals surface area contributed by atoms with E-state index >= 15 is 0 Å². The molecule has 2 heterocycles. The number of aromatic nitrogens is 2. The molecule has 8 heteroatoms. The van der Waals surface area contributed by atoms with Gasteiger partial charge in [0.05, 0.1) is 23.2 Å². The third kappa shape index (κ3) is 5.10. The Morgan fingerprint density at radius 1 is 1.21 bits per heavy atom. The van der Waals surface area contributed by atoms with Crippen LogP contribution in [0.15, 0.2) is 41.1 Å². The number of nitrogens with zero attached hydrogens (tertiary/aromatic N) is 2. The zero-order chi connectivity index (χ0) is 20.1. The van der Waals surface area contributed by atoms with E-state index in [0.717, 1.165) is 10.6 Å². The number of hydrogen-bond donors (Lipinski definition) is 1. The molecule has 148 valence electrons. The van der Waals surface area contributed by atoms with E-state index in [1.807, 2.05) is 45.0 Å². The summed E-state index contributed by atoms with van der Waals surface area (Å²) in [6, 6.07) is 8.95. The van der Waals surface area contributed by atoms with Crippen molar-refractivity contribution in [2.45, 2.75) is 46.3 Å². The van der Waals surface area contributed by atoms with E-state index in [0.29, 0.717) is 28.8 Å². The Morgan fingerprint density at radius 3 is 2.61 bits per heavy atom. The number of carbonyl (C=O) groups excluding carboxylic acids is 1. The second-order valence-corrected chi connectivity index (χ2v) is 7.48. The number of amides is 1. The standard InChI is InChI=1S/C20H23N3O4S/c1-5-19(24)22-13(4)17-10-16(23-27-17)18-11-21-20(28-18)26-15-8-6-14(7-9-15)25-12(2)3/h6-13H,5H2,1-4H3,(H,22,24). The molecular formula is C20H23N3O4S. The highest BCUT2D eigenvalue weighted by Crippen LogP contribution is 2.34. The van der Waals surface area contributed by atoms with Crippen molar-refractivity contribution < 1.29 is 18.8 Å². The molecule has 7 nitrogen and oxygen atoms in total. The highest BCUT2D eigenvalue weighted by molar-refractivity contribution is 7.16.